The number of amides is 1. The largest absolute Gasteiger partial charge is 0.356 e. The van der Waals surface area contributed by atoms with Crippen LogP contribution in [0.2, 0.25) is 0 Å². The lowest BCUT2D eigenvalue weighted by Gasteiger charge is -2.26. The van der Waals surface area contributed by atoms with Crippen LogP contribution < -0.4 is 5.32 Å². The third-order valence-corrected chi connectivity index (χ3v) is 3.73. The molecule has 1 aromatic carbocycles. The molecule has 0 radical (unpaired) electrons. The number of nitrogens with one attached hydrogen (secondary N) is 1. The fraction of sp³-hybridized carbons (Fsp3) is 0.650. The highest BCUT2D eigenvalue weighted by Crippen LogP contribution is 2.27. The predicted molar refractivity (Wildman–Crippen MR) is 94.8 cm³/mol. The average Bonchev–Trinajstić information content (AvgIpc) is 2.36. The van der Waals surface area contributed by atoms with E-state index in [1.54, 1.807) is 0 Å². The first-order valence-electron chi connectivity index (χ1n) is 8.38. The molecule has 0 saturated carbocycles. The molecule has 0 fully saturated rings. The average molecular weight is 303 g/mol. The van der Waals surface area contributed by atoms with Crippen molar-refractivity contribution in [2.75, 3.05) is 6.54 Å². The molecule has 1 aromatic rings. The second-order valence-electron chi connectivity index (χ2n) is 8.75. The summed E-state index contributed by atoms with van der Waals surface area (Å²) in [4.78, 5) is 12.6. The molecule has 1 rings (SSSR count). The number of carbonyl (C=O) groups is 1. The van der Waals surface area contributed by atoms with Gasteiger partial charge in [-0.25, -0.2) is 0 Å². The molecule has 0 unspecified atom stereocenters. The Balaban J connectivity index is 2.66. The summed E-state index contributed by atoms with van der Waals surface area (Å²) in [6, 6.07) is 10.3. The Hall–Kier alpha value is -1.31. The van der Waals surface area contributed by atoms with Crippen LogP contribution in [0.4, 0.5) is 0 Å². The van der Waals surface area contributed by atoms with Gasteiger partial charge in [-0.3, -0.25) is 4.79 Å². The van der Waals surface area contributed by atoms with Crippen LogP contribution >= 0.6 is 0 Å². The van der Waals surface area contributed by atoms with Crippen LogP contribution in [0.25, 0.3) is 0 Å². The monoisotopic (exact) mass is 303 g/mol. The van der Waals surface area contributed by atoms with Gasteiger partial charge in [0.2, 0.25) is 5.91 Å². The van der Waals surface area contributed by atoms with Crippen LogP contribution in [-0.2, 0) is 11.2 Å². The molecule has 0 aliphatic carbocycles. The molecule has 0 heterocycles. The summed E-state index contributed by atoms with van der Waals surface area (Å²) in [7, 11) is 0. The van der Waals surface area contributed by atoms with Gasteiger partial charge in [-0.15, -0.1) is 0 Å². The Kier molecular flexibility index (Phi) is 6.65. The lowest BCUT2D eigenvalue weighted by molar-refractivity contribution is -0.126. The Morgan fingerprint density at radius 3 is 2.09 bits per heavy atom. The maximum absolute atomic E-state index is 12.6. The summed E-state index contributed by atoms with van der Waals surface area (Å²) in [6.07, 6.45) is 2.73. The first-order valence-corrected chi connectivity index (χ1v) is 8.38. The van der Waals surface area contributed by atoms with Gasteiger partial charge in [0.05, 0.1) is 0 Å². The van der Waals surface area contributed by atoms with Crippen molar-refractivity contribution < 1.29 is 4.79 Å². The SMILES string of the molecule is CC(C)(C)CCNC(=O)[C@H](Cc1ccccc1)CC(C)(C)C. The van der Waals surface area contributed by atoms with Gasteiger partial charge < -0.3 is 5.32 Å². The molecule has 2 heteroatoms. The van der Waals surface area contributed by atoms with Crippen molar-refractivity contribution in [2.45, 2.75) is 60.8 Å². The number of rotatable bonds is 6. The lowest BCUT2D eigenvalue weighted by Crippen LogP contribution is -2.35. The second kappa shape index (κ2) is 7.80. The highest BCUT2D eigenvalue weighted by atomic mass is 16.1. The molecule has 0 saturated heterocycles. The summed E-state index contributed by atoms with van der Waals surface area (Å²) in [5.74, 6) is 0.241. The fourth-order valence-electron chi connectivity index (χ4n) is 2.60. The van der Waals surface area contributed by atoms with Gasteiger partial charge in [0.15, 0.2) is 0 Å². The minimum absolute atomic E-state index is 0.0439. The van der Waals surface area contributed by atoms with E-state index < -0.39 is 0 Å². The maximum atomic E-state index is 12.6. The Morgan fingerprint density at radius 2 is 1.59 bits per heavy atom. The molecule has 2 nitrogen and oxygen atoms in total. The Morgan fingerprint density at radius 1 is 1.00 bits per heavy atom. The predicted octanol–water partition coefficient (Wildman–Crippen LogP) is 4.83. The van der Waals surface area contributed by atoms with Crippen molar-refractivity contribution in [3.63, 3.8) is 0 Å². The normalized spacial score (nSPS) is 13.7. The molecule has 1 N–H and O–H groups in total. The summed E-state index contributed by atoms with van der Waals surface area (Å²) in [6.45, 7) is 14.0. The quantitative estimate of drug-likeness (QED) is 0.801. The summed E-state index contributed by atoms with van der Waals surface area (Å²) >= 11 is 0. The third-order valence-electron chi connectivity index (χ3n) is 3.73. The van der Waals surface area contributed by atoms with Crippen molar-refractivity contribution in [3.05, 3.63) is 35.9 Å². The Bertz CT molecular complexity index is 451. The van der Waals surface area contributed by atoms with Gasteiger partial charge >= 0.3 is 0 Å². The van der Waals surface area contributed by atoms with E-state index in [1.165, 1.54) is 5.56 Å². The molecule has 1 atom stereocenters. The van der Waals surface area contributed by atoms with Crippen molar-refractivity contribution in [3.8, 4) is 0 Å². The molecule has 22 heavy (non-hydrogen) atoms. The van der Waals surface area contributed by atoms with Crippen LogP contribution in [-0.4, -0.2) is 12.5 Å². The zero-order valence-electron chi connectivity index (χ0n) is 15.2. The van der Waals surface area contributed by atoms with E-state index in [9.17, 15) is 4.79 Å². The molecule has 0 aliphatic rings. The molecule has 1 amide bonds. The van der Waals surface area contributed by atoms with Gasteiger partial charge in [-0.05, 0) is 35.7 Å². The molecule has 0 bridgehead atoms. The first-order chi connectivity index (χ1) is 10.1. The van der Waals surface area contributed by atoms with Crippen LogP contribution in [0.1, 0.15) is 59.9 Å². The van der Waals surface area contributed by atoms with E-state index in [1.807, 2.05) is 18.2 Å². The second-order valence-corrected chi connectivity index (χ2v) is 8.75. The van der Waals surface area contributed by atoms with E-state index in [0.29, 0.717) is 0 Å². The first kappa shape index (κ1) is 18.7. The highest BCUT2D eigenvalue weighted by molar-refractivity contribution is 5.79. The van der Waals surface area contributed by atoms with E-state index >= 15 is 0 Å². The van der Waals surface area contributed by atoms with Crippen LogP contribution in [0, 0.1) is 16.7 Å². The summed E-state index contributed by atoms with van der Waals surface area (Å²) < 4.78 is 0. The van der Waals surface area contributed by atoms with Crippen LogP contribution in [0.3, 0.4) is 0 Å². The third kappa shape index (κ3) is 8.21. The minimum atomic E-state index is 0.0439. The number of carbonyl (C=O) groups excluding carboxylic acids is 1. The van der Waals surface area contributed by atoms with Gasteiger partial charge in [0, 0.05) is 12.5 Å². The van der Waals surface area contributed by atoms with Crippen molar-refractivity contribution in [2.24, 2.45) is 16.7 Å². The summed E-state index contributed by atoms with van der Waals surface area (Å²) in [5.41, 5.74) is 1.65. The molecule has 0 spiro atoms. The number of hydrogen-bond acceptors (Lipinski definition) is 1. The van der Waals surface area contributed by atoms with E-state index in [-0.39, 0.29) is 22.7 Å². The molecule has 0 aliphatic heterocycles. The van der Waals surface area contributed by atoms with E-state index in [0.717, 1.165) is 25.8 Å². The van der Waals surface area contributed by atoms with Crippen LogP contribution in [0.5, 0.6) is 0 Å². The standard InChI is InChI=1S/C20H33NO/c1-19(2,3)12-13-21-18(22)17(15-20(4,5)6)14-16-10-8-7-9-11-16/h7-11,17H,12-15H2,1-6H3,(H,21,22)/t17-/m1/s1. The van der Waals surface area contributed by atoms with Crippen molar-refractivity contribution in [1.29, 1.82) is 0 Å². The lowest BCUT2D eigenvalue weighted by atomic mass is 9.81. The molecule has 124 valence electrons. The Labute approximate surface area is 136 Å². The van der Waals surface area contributed by atoms with Gasteiger partial charge in [-0.1, -0.05) is 71.9 Å². The fourth-order valence-corrected chi connectivity index (χ4v) is 2.60. The number of hydrogen-bond donors (Lipinski definition) is 1. The summed E-state index contributed by atoms with van der Waals surface area (Å²) in [5, 5.41) is 3.14. The maximum Gasteiger partial charge on any atom is 0.223 e. The van der Waals surface area contributed by atoms with Crippen molar-refractivity contribution >= 4 is 5.91 Å². The zero-order valence-corrected chi connectivity index (χ0v) is 15.2. The molecular formula is C20H33NO. The smallest absolute Gasteiger partial charge is 0.223 e. The van der Waals surface area contributed by atoms with Crippen LogP contribution in [0.15, 0.2) is 30.3 Å². The highest BCUT2D eigenvalue weighted by Gasteiger charge is 2.25. The van der Waals surface area contributed by atoms with Gasteiger partial charge in [-0.2, -0.15) is 0 Å². The van der Waals surface area contributed by atoms with Gasteiger partial charge in [0.1, 0.15) is 0 Å². The topological polar surface area (TPSA) is 29.1 Å². The molecular weight excluding hydrogens is 270 g/mol. The molecule has 0 aromatic heterocycles. The minimum Gasteiger partial charge on any atom is -0.356 e. The number of benzene rings is 1. The van der Waals surface area contributed by atoms with E-state index in [4.69, 9.17) is 0 Å². The van der Waals surface area contributed by atoms with Crippen molar-refractivity contribution in [1.82, 2.24) is 5.32 Å². The van der Waals surface area contributed by atoms with E-state index in [2.05, 4.69) is 59.0 Å². The van der Waals surface area contributed by atoms with Gasteiger partial charge in [0.25, 0.3) is 0 Å². The zero-order chi connectivity index (χ0) is 16.8.